The maximum Gasteiger partial charge on any atom is 0.498 e. The van der Waals surface area contributed by atoms with Crippen LogP contribution >= 0.6 is 0 Å². The van der Waals surface area contributed by atoms with Crippen LogP contribution in [0, 0.1) is 6.92 Å². The molecular weight excluding hydrogens is 363 g/mol. The van der Waals surface area contributed by atoms with Crippen molar-refractivity contribution in [2.75, 3.05) is 13.9 Å². The molecule has 0 atom stereocenters. The first-order valence-corrected chi connectivity index (χ1v) is 10.3. The summed E-state index contributed by atoms with van der Waals surface area (Å²) in [6, 6.07) is 12.7. The topological polar surface area (TPSA) is 36.9 Å². The van der Waals surface area contributed by atoms with E-state index in [4.69, 9.17) is 18.8 Å². The molecular formula is C24H33BO4. The summed E-state index contributed by atoms with van der Waals surface area (Å²) in [6.07, 6.45) is 0. The van der Waals surface area contributed by atoms with Gasteiger partial charge in [-0.15, -0.1) is 0 Å². The second kappa shape index (κ2) is 8.13. The van der Waals surface area contributed by atoms with Crippen LogP contribution in [-0.2, 0) is 14.0 Å². The van der Waals surface area contributed by atoms with E-state index >= 15 is 0 Å². The van der Waals surface area contributed by atoms with Crippen molar-refractivity contribution in [1.29, 1.82) is 0 Å². The number of rotatable bonds is 6. The normalized spacial score (nSPS) is 17.8. The molecule has 1 aliphatic rings. The number of aryl methyl sites for hydroxylation is 1. The Labute approximate surface area is 175 Å². The summed E-state index contributed by atoms with van der Waals surface area (Å²) >= 11 is 0. The molecule has 1 saturated heterocycles. The fourth-order valence-corrected chi connectivity index (χ4v) is 3.67. The molecule has 1 aliphatic heterocycles. The van der Waals surface area contributed by atoms with Crippen LogP contribution in [0.5, 0.6) is 5.75 Å². The quantitative estimate of drug-likeness (QED) is 0.505. The Balaban J connectivity index is 2.19. The van der Waals surface area contributed by atoms with Crippen molar-refractivity contribution in [2.45, 2.75) is 65.6 Å². The Morgan fingerprint density at radius 3 is 2.17 bits per heavy atom. The third-order valence-corrected chi connectivity index (χ3v) is 5.96. The van der Waals surface area contributed by atoms with E-state index in [-0.39, 0.29) is 6.79 Å². The molecule has 0 radical (unpaired) electrons. The lowest BCUT2D eigenvalue weighted by Gasteiger charge is -2.32. The molecule has 0 saturated carbocycles. The summed E-state index contributed by atoms with van der Waals surface area (Å²) in [5, 5.41) is 0. The molecule has 0 bridgehead atoms. The molecule has 0 aromatic heterocycles. The fourth-order valence-electron chi connectivity index (χ4n) is 3.67. The summed E-state index contributed by atoms with van der Waals surface area (Å²) in [7, 11) is 1.13. The average Bonchev–Trinajstić information content (AvgIpc) is 2.87. The Hall–Kier alpha value is -1.82. The molecule has 1 fully saturated rings. The van der Waals surface area contributed by atoms with Crippen molar-refractivity contribution in [3.05, 3.63) is 47.5 Å². The van der Waals surface area contributed by atoms with E-state index in [1.54, 1.807) is 7.11 Å². The molecule has 0 aliphatic carbocycles. The Morgan fingerprint density at radius 2 is 1.59 bits per heavy atom. The van der Waals surface area contributed by atoms with Gasteiger partial charge in [0.15, 0.2) is 6.79 Å². The van der Waals surface area contributed by atoms with Crippen LogP contribution in [0.4, 0.5) is 0 Å². The third-order valence-electron chi connectivity index (χ3n) is 5.96. The molecule has 156 valence electrons. The van der Waals surface area contributed by atoms with Crippen LogP contribution in [0.1, 0.15) is 58.6 Å². The Bertz CT molecular complexity index is 857. The zero-order chi connectivity index (χ0) is 21.4. The van der Waals surface area contributed by atoms with Crippen molar-refractivity contribution in [2.24, 2.45) is 0 Å². The highest BCUT2D eigenvalue weighted by Crippen LogP contribution is 2.40. The number of hydrogen-bond acceptors (Lipinski definition) is 4. The maximum absolute atomic E-state index is 6.35. The average molecular weight is 396 g/mol. The minimum Gasteiger partial charge on any atom is -0.467 e. The van der Waals surface area contributed by atoms with Crippen LogP contribution in [0.2, 0.25) is 0 Å². The van der Waals surface area contributed by atoms with Crippen LogP contribution in [-0.4, -0.2) is 32.2 Å². The summed E-state index contributed by atoms with van der Waals surface area (Å²) in [5.74, 6) is 1.14. The van der Waals surface area contributed by atoms with E-state index < -0.39 is 18.3 Å². The second-order valence-electron chi connectivity index (χ2n) is 9.11. The summed E-state index contributed by atoms with van der Waals surface area (Å²) in [4.78, 5) is 0. The Morgan fingerprint density at radius 1 is 0.966 bits per heavy atom. The summed E-state index contributed by atoms with van der Waals surface area (Å²) in [5.41, 5.74) is 4.67. The van der Waals surface area contributed by atoms with Gasteiger partial charge in [0, 0.05) is 18.1 Å². The molecule has 3 rings (SSSR count). The lowest BCUT2D eigenvalue weighted by molar-refractivity contribution is 0.00578. The first kappa shape index (κ1) is 21.9. The number of methoxy groups -OCH3 is 1. The highest BCUT2D eigenvalue weighted by atomic mass is 16.7. The minimum atomic E-state index is -0.503. The highest BCUT2D eigenvalue weighted by Gasteiger charge is 2.52. The van der Waals surface area contributed by atoms with Gasteiger partial charge in [0.25, 0.3) is 0 Å². The largest absolute Gasteiger partial charge is 0.498 e. The van der Waals surface area contributed by atoms with Crippen molar-refractivity contribution in [3.8, 4) is 16.9 Å². The molecule has 0 amide bonds. The summed E-state index contributed by atoms with van der Waals surface area (Å²) in [6.45, 7) is 14.9. The van der Waals surface area contributed by atoms with E-state index in [1.807, 2.05) is 0 Å². The number of benzene rings is 2. The standard InChI is InChI=1S/C24H33BO4/c1-16(2)18-11-9-10-12-19(18)20-13-17(3)14-21(22(20)27-15-26-8)25-28-23(4,5)24(6,7)29-25/h9-14,16H,15H2,1-8H3. The van der Waals surface area contributed by atoms with Crippen LogP contribution in [0.25, 0.3) is 11.1 Å². The third kappa shape index (κ3) is 4.23. The monoisotopic (exact) mass is 396 g/mol. The van der Waals surface area contributed by atoms with Gasteiger partial charge in [0.2, 0.25) is 0 Å². The van der Waals surface area contributed by atoms with E-state index in [0.29, 0.717) is 5.92 Å². The van der Waals surface area contributed by atoms with Crippen molar-refractivity contribution < 1.29 is 18.8 Å². The van der Waals surface area contributed by atoms with Gasteiger partial charge in [-0.25, -0.2) is 0 Å². The maximum atomic E-state index is 6.35. The van der Waals surface area contributed by atoms with Crippen molar-refractivity contribution in [3.63, 3.8) is 0 Å². The first-order chi connectivity index (χ1) is 13.6. The predicted molar refractivity (Wildman–Crippen MR) is 119 cm³/mol. The van der Waals surface area contributed by atoms with Crippen molar-refractivity contribution >= 4 is 12.6 Å². The van der Waals surface area contributed by atoms with Crippen molar-refractivity contribution in [1.82, 2.24) is 0 Å². The van der Waals surface area contributed by atoms with E-state index in [2.05, 4.69) is 84.9 Å². The smallest absolute Gasteiger partial charge is 0.467 e. The molecule has 5 heteroatoms. The molecule has 4 nitrogen and oxygen atoms in total. The zero-order valence-electron chi connectivity index (χ0n) is 19.0. The molecule has 1 heterocycles. The number of hydrogen-bond donors (Lipinski definition) is 0. The van der Waals surface area contributed by atoms with Gasteiger partial charge >= 0.3 is 7.12 Å². The molecule has 2 aromatic rings. The van der Waals surface area contributed by atoms with Gasteiger partial charge in [0.05, 0.1) is 11.2 Å². The molecule has 0 unspecified atom stereocenters. The van der Waals surface area contributed by atoms with Crippen LogP contribution < -0.4 is 10.2 Å². The molecule has 0 spiro atoms. The number of ether oxygens (including phenoxy) is 2. The lowest BCUT2D eigenvalue weighted by Crippen LogP contribution is -2.41. The minimum absolute atomic E-state index is 0.159. The van der Waals surface area contributed by atoms with E-state index in [1.165, 1.54) is 5.56 Å². The van der Waals surface area contributed by atoms with Gasteiger partial charge in [0.1, 0.15) is 5.75 Å². The zero-order valence-corrected chi connectivity index (χ0v) is 19.0. The molecule has 2 aromatic carbocycles. The highest BCUT2D eigenvalue weighted by molar-refractivity contribution is 6.63. The van der Waals surface area contributed by atoms with E-state index in [0.717, 1.165) is 27.9 Å². The molecule has 0 N–H and O–H groups in total. The SMILES string of the molecule is COCOc1c(B2OC(C)(C)C(C)(C)O2)cc(C)cc1-c1ccccc1C(C)C. The van der Waals surface area contributed by atoms with Gasteiger partial charge in [-0.2, -0.15) is 0 Å². The predicted octanol–water partition coefficient (Wildman–Crippen LogP) is 5.07. The Kier molecular flexibility index (Phi) is 6.14. The fraction of sp³-hybridized carbons (Fsp3) is 0.500. The second-order valence-corrected chi connectivity index (χ2v) is 9.11. The van der Waals surface area contributed by atoms with Crippen LogP contribution in [0.3, 0.4) is 0 Å². The first-order valence-electron chi connectivity index (χ1n) is 10.3. The molecule has 29 heavy (non-hydrogen) atoms. The lowest BCUT2D eigenvalue weighted by atomic mass is 9.75. The van der Waals surface area contributed by atoms with Gasteiger partial charge in [-0.3, -0.25) is 0 Å². The summed E-state index contributed by atoms with van der Waals surface area (Å²) < 4.78 is 24.1. The van der Waals surface area contributed by atoms with Gasteiger partial charge in [-0.1, -0.05) is 49.7 Å². The van der Waals surface area contributed by atoms with Gasteiger partial charge < -0.3 is 18.8 Å². The van der Waals surface area contributed by atoms with E-state index in [9.17, 15) is 0 Å². The van der Waals surface area contributed by atoms with Gasteiger partial charge in [-0.05, 0) is 57.7 Å². The van der Waals surface area contributed by atoms with Crippen LogP contribution in [0.15, 0.2) is 36.4 Å².